The van der Waals surface area contributed by atoms with Gasteiger partial charge < -0.3 is 19.3 Å². The molecule has 2 aromatic heterocycles. The first kappa shape index (κ1) is 23.9. The minimum atomic E-state index is -0.370. The van der Waals surface area contributed by atoms with Crippen LogP contribution in [0, 0.1) is 0 Å². The van der Waals surface area contributed by atoms with Crippen LogP contribution in [0.15, 0.2) is 29.3 Å². The Bertz CT molecular complexity index is 1240. The van der Waals surface area contributed by atoms with Crippen LogP contribution in [-0.2, 0) is 11.3 Å². The number of aromatic amines is 1. The molecule has 0 saturated carbocycles. The quantitative estimate of drug-likeness (QED) is 0.408. The molecule has 1 aliphatic heterocycles. The van der Waals surface area contributed by atoms with Crippen molar-refractivity contribution in [1.82, 2.24) is 19.7 Å². The van der Waals surface area contributed by atoms with Crippen LogP contribution in [0.2, 0.25) is 0 Å². The Balaban J connectivity index is 1.93. The third-order valence-corrected chi connectivity index (χ3v) is 6.21. The van der Waals surface area contributed by atoms with E-state index in [1.54, 1.807) is 6.07 Å². The van der Waals surface area contributed by atoms with Crippen LogP contribution in [-0.4, -0.2) is 50.0 Å². The molecule has 1 aromatic carbocycles. The molecule has 34 heavy (non-hydrogen) atoms. The molecule has 9 heteroatoms. The van der Waals surface area contributed by atoms with Crippen molar-refractivity contribution in [1.29, 1.82) is 0 Å². The van der Waals surface area contributed by atoms with Gasteiger partial charge in [0.25, 0.3) is 0 Å². The lowest BCUT2D eigenvalue weighted by Gasteiger charge is -2.29. The van der Waals surface area contributed by atoms with Crippen LogP contribution >= 0.6 is 0 Å². The Kier molecular flexibility index (Phi) is 7.02. The average molecular weight is 467 g/mol. The highest BCUT2D eigenvalue weighted by Gasteiger charge is 2.30. The fourth-order valence-electron chi connectivity index (χ4n) is 4.59. The number of H-pyrrole nitrogens is 1. The summed E-state index contributed by atoms with van der Waals surface area (Å²) in [5, 5.41) is 17.8. The maximum atomic E-state index is 11.5. The lowest BCUT2D eigenvalue weighted by Crippen LogP contribution is -2.37. The van der Waals surface area contributed by atoms with Crippen molar-refractivity contribution < 1.29 is 14.6 Å². The first-order valence-corrected chi connectivity index (χ1v) is 12.0. The number of aliphatic hydroxyl groups is 1. The van der Waals surface area contributed by atoms with E-state index >= 15 is 0 Å². The average Bonchev–Trinajstić information content (AvgIpc) is 3.44. The number of carbonyl (C=O) groups excluding carboxylic acids is 1. The van der Waals surface area contributed by atoms with Crippen molar-refractivity contribution >= 4 is 23.0 Å². The maximum Gasteiger partial charge on any atom is 0.308 e. The Morgan fingerprint density at radius 3 is 2.74 bits per heavy atom. The normalized spacial score (nSPS) is 16.9. The van der Waals surface area contributed by atoms with Crippen molar-refractivity contribution in [2.24, 2.45) is 4.99 Å². The van der Waals surface area contributed by atoms with Crippen molar-refractivity contribution in [2.45, 2.75) is 72.0 Å². The molecule has 0 radical (unpaired) electrons. The van der Waals surface area contributed by atoms with Crippen molar-refractivity contribution in [3.05, 3.63) is 41.0 Å². The maximum absolute atomic E-state index is 11.5. The van der Waals surface area contributed by atoms with Gasteiger partial charge in [-0.15, -0.1) is 0 Å². The molecule has 0 bridgehead atoms. The van der Waals surface area contributed by atoms with E-state index in [1.807, 2.05) is 18.2 Å². The molecule has 1 aliphatic rings. The van der Waals surface area contributed by atoms with Crippen LogP contribution in [0.25, 0.3) is 11.0 Å². The summed E-state index contributed by atoms with van der Waals surface area (Å²) < 4.78 is 7.58. The second-order valence-corrected chi connectivity index (χ2v) is 9.38. The number of aromatic nitrogens is 4. The number of carbonyl (C=O) groups is 1. The molecule has 3 aromatic rings. The summed E-state index contributed by atoms with van der Waals surface area (Å²) in [5.74, 6) is 1.16. The first-order valence-electron chi connectivity index (χ1n) is 12.0. The molecule has 1 fully saturated rings. The molecule has 0 amide bonds. The largest absolute Gasteiger partial charge is 0.426 e. The van der Waals surface area contributed by atoms with E-state index in [0.717, 1.165) is 42.1 Å². The number of hydrogen-bond donors (Lipinski definition) is 2. The third kappa shape index (κ3) is 4.57. The SMILES string of the molecule is CC(=O)Oc1ccccc1CN=c1nc(N2CCCC2CO)n(C(C)C)c2c(C(C)C)[nH]nc12. The molecule has 0 spiro atoms. The second-order valence-electron chi connectivity index (χ2n) is 9.38. The predicted octanol–water partition coefficient (Wildman–Crippen LogP) is 3.45. The molecule has 2 N–H and O–H groups in total. The molecule has 1 saturated heterocycles. The number of anilines is 1. The van der Waals surface area contributed by atoms with Crippen LogP contribution < -0.4 is 15.1 Å². The van der Waals surface area contributed by atoms with Gasteiger partial charge in [0.2, 0.25) is 5.95 Å². The van der Waals surface area contributed by atoms with E-state index < -0.39 is 0 Å². The molecule has 1 atom stereocenters. The van der Waals surface area contributed by atoms with E-state index in [1.165, 1.54) is 6.92 Å². The molecule has 9 nitrogen and oxygen atoms in total. The Morgan fingerprint density at radius 1 is 1.29 bits per heavy atom. The van der Waals surface area contributed by atoms with Gasteiger partial charge in [-0.25, -0.2) is 0 Å². The van der Waals surface area contributed by atoms with Crippen molar-refractivity contribution in [3.8, 4) is 5.75 Å². The third-order valence-electron chi connectivity index (χ3n) is 6.21. The van der Waals surface area contributed by atoms with E-state index in [4.69, 9.17) is 14.7 Å². The van der Waals surface area contributed by atoms with Gasteiger partial charge in [-0.3, -0.25) is 14.9 Å². The van der Waals surface area contributed by atoms with E-state index in [-0.39, 0.29) is 30.6 Å². The number of nitrogens with zero attached hydrogens (tertiary/aromatic N) is 5. The zero-order valence-corrected chi connectivity index (χ0v) is 20.6. The van der Waals surface area contributed by atoms with E-state index in [9.17, 15) is 9.90 Å². The van der Waals surface area contributed by atoms with Crippen LogP contribution in [0.3, 0.4) is 0 Å². The van der Waals surface area contributed by atoms with Gasteiger partial charge in [0.15, 0.2) is 11.0 Å². The molecule has 182 valence electrons. The molecule has 3 heterocycles. The highest BCUT2D eigenvalue weighted by molar-refractivity contribution is 5.79. The Hall–Kier alpha value is -3.20. The Morgan fingerprint density at radius 2 is 2.06 bits per heavy atom. The van der Waals surface area contributed by atoms with Gasteiger partial charge in [0, 0.05) is 25.1 Å². The fourth-order valence-corrected chi connectivity index (χ4v) is 4.59. The number of fused-ring (bicyclic) bond motifs is 1. The number of nitrogens with one attached hydrogen (secondary N) is 1. The monoisotopic (exact) mass is 466 g/mol. The predicted molar refractivity (Wildman–Crippen MR) is 131 cm³/mol. The van der Waals surface area contributed by atoms with Gasteiger partial charge >= 0.3 is 5.97 Å². The lowest BCUT2D eigenvalue weighted by molar-refractivity contribution is -0.131. The summed E-state index contributed by atoms with van der Waals surface area (Å²) in [5.41, 5.74) is 4.07. The summed E-state index contributed by atoms with van der Waals surface area (Å²) in [6.07, 6.45) is 1.94. The highest BCUT2D eigenvalue weighted by Crippen LogP contribution is 2.31. The number of aliphatic hydroxyl groups excluding tert-OH is 1. The smallest absolute Gasteiger partial charge is 0.308 e. The highest BCUT2D eigenvalue weighted by atomic mass is 16.5. The number of rotatable bonds is 7. The zero-order valence-electron chi connectivity index (χ0n) is 20.6. The molecular formula is C25H34N6O3. The second kappa shape index (κ2) is 9.97. The van der Waals surface area contributed by atoms with E-state index in [2.05, 4.69) is 47.4 Å². The topological polar surface area (TPSA) is 109 Å². The minimum absolute atomic E-state index is 0.0295. The number of ether oxygens (including phenoxy) is 1. The molecule has 4 rings (SSSR count). The molecular weight excluding hydrogens is 432 g/mol. The van der Waals surface area contributed by atoms with E-state index in [0.29, 0.717) is 23.3 Å². The fraction of sp³-hybridized carbons (Fsp3) is 0.520. The lowest BCUT2D eigenvalue weighted by atomic mass is 10.1. The first-order chi connectivity index (χ1) is 16.3. The number of esters is 1. The number of para-hydroxylation sites is 1. The summed E-state index contributed by atoms with van der Waals surface area (Å²) in [7, 11) is 0. The number of hydrogen-bond acceptors (Lipinski definition) is 7. The summed E-state index contributed by atoms with van der Waals surface area (Å²) in [6, 6.07) is 7.55. The molecule has 0 aliphatic carbocycles. The van der Waals surface area contributed by atoms with Gasteiger partial charge in [0.1, 0.15) is 5.75 Å². The van der Waals surface area contributed by atoms with Crippen molar-refractivity contribution in [2.75, 3.05) is 18.1 Å². The Labute approximate surface area is 199 Å². The van der Waals surface area contributed by atoms with Gasteiger partial charge in [-0.1, -0.05) is 32.0 Å². The van der Waals surface area contributed by atoms with Crippen LogP contribution in [0.5, 0.6) is 5.75 Å². The zero-order chi connectivity index (χ0) is 24.4. The standard InChI is InChI=1S/C25H34N6O3/c1-15(2)21-23-22(29-28-21)24(26-13-18-9-6-7-11-20(18)34-17(5)33)27-25(31(23)16(3)4)30-12-8-10-19(30)14-32/h6-7,9,11,15-16,19,32H,8,10,12-14H2,1-5H3,(H,28,29). The van der Waals surface area contributed by atoms with Crippen LogP contribution in [0.1, 0.15) is 70.7 Å². The number of benzene rings is 1. The summed E-state index contributed by atoms with van der Waals surface area (Å²) in [6.45, 7) is 11.1. The van der Waals surface area contributed by atoms with Gasteiger partial charge in [0.05, 0.1) is 30.4 Å². The van der Waals surface area contributed by atoms with Gasteiger partial charge in [-0.2, -0.15) is 10.1 Å². The summed E-state index contributed by atoms with van der Waals surface area (Å²) >= 11 is 0. The van der Waals surface area contributed by atoms with Crippen molar-refractivity contribution in [3.63, 3.8) is 0 Å². The van der Waals surface area contributed by atoms with Crippen LogP contribution in [0.4, 0.5) is 5.95 Å². The summed E-state index contributed by atoms with van der Waals surface area (Å²) in [4.78, 5) is 23.6. The minimum Gasteiger partial charge on any atom is -0.426 e. The van der Waals surface area contributed by atoms with Gasteiger partial charge in [-0.05, 0) is 38.7 Å². The molecule has 1 unspecified atom stereocenters.